The van der Waals surface area contributed by atoms with Crippen molar-refractivity contribution in [3.8, 4) is 0 Å². The van der Waals surface area contributed by atoms with E-state index in [0.29, 0.717) is 5.92 Å². The van der Waals surface area contributed by atoms with E-state index in [9.17, 15) is 19.2 Å². The highest BCUT2D eigenvalue weighted by Crippen LogP contribution is 2.36. The van der Waals surface area contributed by atoms with Gasteiger partial charge in [0.25, 0.3) is 0 Å². The van der Waals surface area contributed by atoms with Crippen LogP contribution in [0.3, 0.4) is 0 Å². The third kappa shape index (κ3) is 6.92. The second-order valence-corrected chi connectivity index (χ2v) is 12.6. The number of imide groups is 1. The van der Waals surface area contributed by atoms with Crippen LogP contribution in [0.1, 0.15) is 79.7 Å². The van der Waals surface area contributed by atoms with E-state index in [2.05, 4.69) is 13.8 Å². The zero-order chi connectivity index (χ0) is 28.4. The average molecular weight is 532 g/mol. The predicted octanol–water partition coefficient (Wildman–Crippen LogP) is 4.83. The number of amides is 2. The Hall–Kier alpha value is -2.94. The van der Waals surface area contributed by atoms with Crippen LogP contribution < -0.4 is 0 Å². The summed E-state index contributed by atoms with van der Waals surface area (Å²) in [5.41, 5.74) is -0.709. The Labute approximate surface area is 225 Å². The number of rotatable bonds is 7. The van der Waals surface area contributed by atoms with Crippen molar-refractivity contribution < 1.29 is 38.1 Å². The molecule has 2 aliphatic rings. The molecule has 210 valence electrons. The van der Waals surface area contributed by atoms with Crippen LogP contribution in [0.5, 0.6) is 0 Å². The van der Waals surface area contributed by atoms with E-state index in [4.69, 9.17) is 18.9 Å². The summed E-state index contributed by atoms with van der Waals surface area (Å²) < 4.78 is 22.7. The molecule has 0 unspecified atom stereocenters. The summed E-state index contributed by atoms with van der Waals surface area (Å²) in [6, 6.07) is 8.57. The van der Waals surface area contributed by atoms with Crippen molar-refractivity contribution in [1.82, 2.24) is 4.90 Å². The molecule has 2 heterocycles. The van der Waals surface area contributed by atoms with Crippen LogP contribution in [-0.2, 0) is 33.3 Å². The molecule has 0 radical (unpaired) electrons. The van der Waals surface area contributed by atoms with Crippen molar-refractivity contribution in [2.24, 2.45) is 16.7 Å². The Morgan fingerprint density at radius 1 is 0.974 bits per heavy atom. The van der Waals surface area contributed by atoms with E-state index < -0.39 is 59.3 Å². The number of ether oxygens (including phenoxy) is 4. The molecule has 2 saturated heterocycles. The van der Waals surface area contributed by atoms with Gasteiger partial charge in [0.15, 0.2) is 12.2 Å². The highest BCUT2D eigenvalue weighted by Gasteiger charge is 2.58. The molecule has 9 nitrogen and oxygen atoms in total. The molecule has 5 atom stereocenters. The minimum Gasteiger partial charge on any atom is -0.455 e. The van der Waals surface area contributed by atoms with E-state index in [0.717, 1.165) is 16.9 Å². The molecule has 2 fully saturated rings. The lowest BCUT2D eigenvalue weighted by Crippen LogP contribution is -2.61. The lowest BCUT2D eigenvalue weighted by Gasteiger charge is -2.40. The molecule has 0 N–H and O–H groups in total. The largest absolute Gasteiger partial charge is 0.455 e. The van der Waals surface area contributed by atoms with E-state index in [-0.39, 0.29) is 18.9 Å². The molecule has 0 aliphatic carbocycles. The molecule has 38 heavy (non-hydrogen) atoms. The zero-order valence-electron chi connectivity index (χ0n) is 23.7. The van der Waals surface area contributed by atoms with E-state index >= 15 is 0 Å². The van der Waals surface area contributed by atoms with Crippen molar-refractivity contribution in [2.45, 2.75) is 98.7 Å². The Bertz CT molecular complexity index is 1020. The molecule has 0 aromatic heterocycles. The number of hydrogen-bond acceptors (Lipinski definition) is 8. The summed E-state index contributed by atoms with van der Waals surface area (Å²) in [7, 11) is 0. The molecule has 1 aromatic carbocycles. The summed E-state index contributed by atoms with van der Waals surface area (Å²) in [5, 5.41) is 0. The molecular formula is C29H41NO8. The van der Waals surface area contributed by atoms with Gasteiger partial charge < -0.3 is 18.9 Å². The molecule has 3 rings (SSSR count). The average Bonchev–Trinajstić information content (AvgIpc) is 3.15. The number of carbonyl (C=O) groups excluding carboxylic acids is 4. The zero-order valence-corrected chi connectivity index (χ0v) is 23.7. The summed E-state index contributed by atoms with van der Waals surface area (Å²) in [6.07, 6.45) is -3.41. The van der Waals surface area contributed by atoms with Crippen LogP contribution in [0.15, 0.2) is 30.3 Å². The van der Waals surface area contributed by atoms with Crippen LogP contribution in [0, 0.1) is 16.7 Å². The second-order valence-electron chi connectivity index (χ2n) is 12.6. The third-order valence-electron chi connectivity index (χ3n) is 6.56. The SMILES string of the molecule is CC(C)C[C@@H](CC(=O)N1C(=O)O[C@@H]2OC[C@@H](OC(=O)C(C)(C)C)[C@@H](OC(=O)C(C)(C)C)[C@@H]21)c1ccccc1. The van der Waals surface area contributed by atoms with E-state index in [1.807, 2.05) is 30.3 Å². The first-order chi connectivity index (χ1) is 17.6. The van der Waals surface area contributed by atoms with Gasteiger partial charge in [0.05, 0.1) is 17.4 Å². The smallest absolute Gasteiger partial charge is 0.419 e. The highest BCUT2D eigenvalue weighted by atomic mass is 16.7. The molecule has 0 saturated carbocycles. The predicted molar refractivity (Wildman–Crippen MR) is 139 cm³/mol. The van der Waals surface area contributed by atoms with Gasteiger partial charge in [-0.3, -0.25) is 14.4 Å². The monoisotopic (exact) mass is 531 g/mol. The fourth-order valence-electron chi connectivity index (χ4n) is 4.48. The number of esters is 2. The fraction of sp³-hybridized carbons (Fsp3) is 0.655. The van der Waals surface area contributed by atoms with Gasteiger partial charge in [-0.15, -0.1) is 0 Å². The molecule has 0 bridgehead atoms. The Morgan fingerprint density at radius 3 is 2.11 bits per heavy atom. The van der Waals surface area contributed by atoms with Crippen LogP contribution in [-0.4, -0.2) is 60.0 Å². The standard InChI is InChI=1S/C29H41NO8/c1-17(2)14-19(18-12-10-9-11-13-18)15-21(31)30-22-23(37-26(33)29(6,7)8)20(36-25(32)28(3,4)5)16-35-24(22)38-27(30)34/h9-13,17,19-20,22-24H,14-16H2,1-8H3/t19-,20+,22-,23+,24-/m0/s1. The molecular weight excluding hydrogens is 490 g/mol. The Morgan fingerprint density at radius 2 is 1.55 bits per heavy atom. The van der Waals surface area contributed by atoms with Crippen molar-refractivity contribution in [3.63, 3.8) is 0 Å². The molecule has 0 spiro atoms. The Kier molecular flexibility index (Phi) is 8.91. The first kappa shape index (κ1) is 29.6. The first-order valence-electron chi connectivity index (χ1n) is 13.2. The van der Waals surface area contributed by atoms with Crippen LogP contribution in [0.4, 0.5) is 4.79 Å². The van der Waals surface area contributed by atoms with Gasteiger partial charge in [-0.1, -0.05) is 44.2 Å². The van der Waals surface area contributed by atoms with Gasteiger partial charge in [0, 0.05) is 6.42 Å². The maximum Gasteiger partial charge on any atom is 0.419 e. The second kappa shape index (κ2) is 11.4. The van der Waals surface area contributed by atoms with Gasteiger partial charge in [0.2, 0.25) is 12.2 Å². The summed E-state index contributed by atoms with van der Waals surface area (Å²) in [6.45, 7) is 14.2. The molecule has 2 amide bonds. The highest BCUT2D eigenvalue weighted by molar-refractivity contribution is 5.94. The quantitative estimate of drug-likeness (QED) is 0.364. The minimum absolute atomic E-state index is 0.0485. The third-order valence-corrected chi connectivity index (χ3v) is 6.56. The summed E-state index contributed by atoms with van der Waals surface area (Å²) >= 11 is 0. The summed E-state index contributed by atoms with van der Waals surface area (Å²) in [4.78, 5) is 53.4. The maximum atomic E-state index is 13.7. The summed E-state index contributed by atoms with van der Waals surface area (Å²) in [5.74, 6) is -1.38. The number of hydrogen-bond donors (Lipinski definition) is 0. The normalized spacial score (nSPS) is 24.4. The number of fused-ring (bicyclic) bond motifs is 1. The maximum absolute atomic E-state index is 13.7. The lowest BCUT2D eigenvalue weighted by atomic mass is 9.87. The minimum atomic E-state index is -1.15. The van der Waals surface area contributed by atoms with Gasteiger partial charge in [-0.2, -0.15) is 0 Å². The molecule has 2 aliphatic heterocycles. The number of benzene rings is 1. The first-order valence-corrected chi connectivity index (χ1v) is 13.2. The Balaban J connectivity index is 1.93. The van der Waals surface area contributed by atoms with Gasteiger partial charge in [-0.05, 0) is 65.4 Å². The topological polar surface area (TPSA) is 108 Å². The van der Waals surface area contributed by atoms with Gasteiger partial charge >= 0.3 is 18.0 Å². The fourth-order valence-corrected chi connectivity index (χ4v) is 4.48. The van der Waals surface area contributed by atoms with Crippen molar-refractivity contribution in [1.29, 1.82) is 0 Å². The number of nitrogens with zero attached hydrogens (tertiary/aromatic N) is 1. The van der Waals surface area contributed by atoms with Crippen LogP contribution in [0.2, 0.25) is 0 Å². The van der Waals surface area contributed by atoms with E-state index in [1.165, 1.54) is 0 Å². The van der Waals surface area contributed by atoms with Crippen molar-refractivity contribution in [2.75, 3.05) is 6.61 Å². The lowest BCUT2D eigenvalue weighted by molar-refractivity contribution is -0.227. The van der Waals surface area contributed by atoms with Crippen LogP contribution in [0.25, 0.3) is 0 Å². The number of carbonyl (C=O) groups is 4. The van der Waals surface area contributed by atoms with Gasteiger partial charge in [-0.25, -0.2) is 9.69 Å². The van der Waals surface area contributed by atoms with Crippen molar-refractivity contribution in [3.05, 3.63) is 35.9 Å². The van der Waals surface area contributed by atoms with E-state index in [1.54, 1.807) is 41.5 Å². The van der Waals surface area contributed by atoms with Gasteiger partial charge in [0.1, 0.15) is 6.04 Å². The van der Waals surface area contributed by atoms with Crippen LogP contribution >= 0.6 is 0 Å². The van der Waals surface area contributed by atoms with Crippen molar-refractivity contribution >= 4 is 23.9 Å². The molecule has 1 aromatic rings. The molecule has 9 heteroatoms.